The highest BCUT2D eigenvalue weighted by Crippen LogP contribution is 2.27. The predicted octanol–water partition coefficient (Wildman–Crippen LogP) is 3.24. The molecule has 0 aliphatic carbocycles. The summed E-state index contributed by atoms with van der Waals surface area (Å²) >= 11 is 2.05. The Morgan fingerprint density at radius 3 is 2.71 bits per heavy atom. The van der Waals surface area contributed by atoms with Gasteiger partial charge in [-0.15, -0.1) is 6.58 Å². The molecule has 0 aromatic rings. The number of hydrogen-bond acceptors (Lipinski definition) is 2. The summed E-state index contributed by atoms with van der Waals surface area (Å²) < 4.78 is 0. The van der Waals surface area contributed by atoms with Gasteiger partial charge in [0.2, 0.25) is 0 Å². The van der Waals surface area contributed by atoms with E-state index in [9.17, 15) is 5.11 Å². The number of aliphatic hydroxyl groups is 1. The van der Waals surface area contributed by atoms with Crippen LogP contribution in [0.25, 0.3) is 0 Å². The molecule has 1 aliphatic heterocycles. The van der Waals surface area contributed by atoms with E-state index in [2.05, 4.69) is 6.58 Å². The van der Waals surface area contributed by atoms with E-state index in [1.165, 1.54) is 29.9 Å². The van der Waals surface area contributed by atoms with Crippen LogP contribution in [0.3, 0.4) is 0 Å². The normalized spacial score (nSPS) is 20.7. The van der Waals surface area contributed by atoms with Crippen molar-refractivity contribution in [2.45, 2.75) is 45.1 Å². The van der Waals surface area contributed by atoms with Gasteiger partial charge >= 0.3 is 0 Å². The van der Waals surface area contributed by atoms with Crippen molar-refractivity contribution in [3.8, 4) is 0 Å². The Labute approximate surface area is 92.0 Å². The Hall–Kier alpha value is 0.0500. The maximum Gasteiger partial charge on any atom is 0.0546 e. The largest absolute Gasteiger partial charge is 0.393 e. The molecule has 2 heteroatoms. The van der Waals surface area contributed by atoms with Gasteiger partial charge < -0.3 is 5.11 Å². The summed E-state index contributed by atoms with van der Waals surface area (Å²) in [5.41, 5.74) is 1.18. The van der Waals surface area contributed by atoms with E-state index in [0.717, 1.165) is 25.2 Å². The lowest BCUT2D eigenvalue weighted by atomic mass is 9.93. The van der Waals surface area contributed by atoms with Crippen molar-refractivity contribution in [1.82, 2.24) is 0 Å². The summed E-state index contributed by atoms with van der Waals surface area (Å²) in [4.78, 5) is 0. The zero-order valence-electron chi connectivity index (χ0n) is 9.17. The van der Waals surface area contributed by atoms with Crippen molar-refractivity contribution in [3.63, 3.8) is 0 Å². The molecule has 1 N–H and O–H groups in total. The van der Waals surface area contributed by atoms with Crippen LogP contribution in [0.2, 0.25) is 0 Å². The van der Waals surface area contributed by atoms with E-state index < -0.39 is 0 Å². The van der Waals surface area contributed by atoms with E-state index in [0.29, 0.717) is 0 Å². The summed E-state index contributed by atoms with van der Waals surface area (Å²) in [5, 5.41) is 9.80. The maximum absolute atomic E-state index is 9.80. The Bertz CT molecular complexity index is 173. The van der Waals surface area contributed by atoms with Crippen LogP contribution in [-0.4, -0.2) is 22.7 Å². The Balaban J connectivity index is 2.11. The zero-order valence-corrected chi connectivity index (χ0v) is 9.98. The third-order valence-corrected chi connectivity index (χ3v) is 3.90. The first-order valence-corrected chi connectivity index (χ1v) is 6.74. The Morgan fingerprint density at radius 2 is 2.14 bits per heavy atom. The molecule has 82 valence electrons. The lowest BCUT2D eigenvalue weighted by molar-refractivity contribution is 0.130. The van der Waals surface area contributed by atoms with Crippen molar-refractivity contribution in [3.05, 3.63) is 12.2 Å². The molecule has 1 fully saturated rings. The van der Waals surface area contributed by atoms with Gasteiger partial charge in [-0.05, 0) is 56.5 Å². The highest BCUT2D eigenvalue weighted by atomic mass is 32.2. The average molecular weight is 214 g/mol. The molecule has 0 spiro atoms. The molecule has 1 nitrogen and oxygen atoms in total. The van der Waals surface area contributed by atoms with Gasteiger partial charge in [-0.3, -0.25) is 0 Å². The number of hydrogen-bond donors (Lipinski definition) is 1. The number of allylic oxidation sites excluding steroid dienone is 1. The van der Waals surface area contributed by atoms with Gasteiger partial charge in [-0.25, -0.2) is 0 Å². The molecule has 14 heavy (non-hydrogen) atoms. The summed E-state index contributed by atoms with van der Waals surface area (Å²) in [7, 11) is 0. The quantitative estimate of drug-likeness (QED) is 0.709. The van der Waals surface area contributed by atoms with Crippen molar-refractivity contribution < 1.29 is 5.11 Å². The van der Waals surface area contributed by atoms with Crippen LogP contribution in [0.15, 0.2) is 12.2 Å². The summed E-state index contributed by atoms with van der Waals surface area (Å²) in [5.74, 6) is 3.35. The van der Waals surface area contributed by atoms with Crippen LogP contribution in [-0.2, 0) is 0 Å². The molecule has 0 aromatic heterocycles. The van der Waals surface area contributed by atoms with Crippen LogP contribution >= 0.6 is 11.8 Å². The highest BCUT2D eigenvalue weighted by molar-refractivity contribution is 7.99. The van der Waals surface area contributed by atoms with Crippen molar-refractivity contribution in [2.24, 2.45) is 5.92 Å². The van der Waals surface area contributed by atoms with E-state index in [4.69, 9.17) is 0 Å². The van der Waals surface area contributed by atoms with Crippen molar-refractivity contribution in [2.75, 3.05) is 11.5 Å². The van der Waals surface area contributed by atoms with Gasteiger partial charge in [0, 0.05) is 0 Å². The lowest BCUT2D eigenvalue weighted by Crippen LogP contribution is -2.17. The van der Waals surface area contributed by atoms with Crippen LogP contribution in [0, 0.1) is 5.92 Å². The fraction of sp³-hybridized carbons (Fsp3) is 0.833. The second-order valence-electron chi connectivity index (χ2n) is 4.44. The summed E-state index contributed by atoms with van der Waals surface area (Å²) in [6.07, 6.45) is 5.39. The standard InChI is InChI=1S/C12H22OS/c1-10(2)3-4-12(13)9-11-5-7-14-8-6-11/h11-13H,1,3-9H2,2H3. The topological polar surface area (TPSA) is 20.2 Å². The first-order chi connectivity index (χ1) is 6.68. The van der Waals surface area contributed by atoms with Gasteiger partial charge in [-0.2, -0.15) is 11.8 Å². The van der Waals surface area contributed by atoms with E-state index in [-0.39, 0.29) is 6.10 Å². The van der Waals surface area contributed by atoms with E-state index >= 15 is 0 Å². The second kappa shape index (κ2) is 6.52. The third-order valence-electron chi connectivity index (χ3n) is 2.85. The number of thioether (sulfide) groups is 1. The molecule has 1 rings (SSSR count). The molecular weight excluding hydrogens is 192 g/mol. The average Bonchev–Trinajstić information content (AvgIpc) is 2.16. The zero-order chi connectivity index (χ0) is 10.4. The molecule has 1 saturated heterocycles. The molecular formula is C12H22OS. The van der Waals surface area contributed by atoms with Gasteiger partial charge in [-0.1, -0.05) is 5.57 Å². The molecule has 0 saturated carbocycles. The fourth-order valence-electron chi connectivity index (χ4n) is 1.90. The van der Waals surface area contributed by atoms with E-state index in [1.807, 2.05) is 18.7 Å². The first-order valence-electron chi connectivity index (χ1n) is 5.58. The lowest BCUT2D eigenvalue weighted by Gasteiger charge is -2.23. The van der Waals surface area contributed by atoms with E-state index in [1.54, 1.807) is 0 Å². The van der Waals surface area contributed by atoms with Crippen LogP contribution in [0.5, 0.6) is 0 Å². The van der Waals surface area contributed by atoms with Gasteiger partial charge in [0.15, 0.2) is 0 Å². The van der Waals surface area contributed by atoms with Crippen LogP contribution in [0.1, 0.15) is 39.0 Å². The Kier molecular flexibility index (Phi) is 5.64. The minimum Gasteiger partial charge on any atom is -0.393 e. The van der Waals surface area contributed by atoms with Crippen LogP contribution in [0.4, 0.5) is 0 Å². The molecule has 1 unspecified atom stereocenters. The minimum atomic E-state index is -0.0974. The van der Waals surface area contributed by atoms with Gasteiger partial charge in [0.25, 0.3) is 0 Å². The fourth-order valence-corrected chi connectivity index (χ4v) is 3.10. The highest BCUT2D eigenvalue weighted by Gasteiger charge is 2.17. The smallest absolute Gasteiger partial charge is 0.0546 e. The van der Waals surface area contributed by atoms with Gasteiger partial charge in [0.05, 0.1) is 6.10 Å². The number of rotatable bonds is 5. The molecule has 1 atom stereocenters. The summed E-state index contributed by atoms with van der Waals surface area (Å²) in [6, 6.07) is 0. The predicted molar refractivity (Wildman–Crippen MR) is 64.7 cm³/mol. The molecule has 0 radical (unpaired) electrons. The number of aliphatic hydroxyl groups excluding tert-OH is 1. The molecule has 1 heterocycles. The molecule has 0 aromatic carbocycles. The monoisotopic (exact) mass is 214 g/mol. The third kappa shape index (κ3) is 5.06. The maximum atomic E-state index is 9.80. The Morgan fingerprint density at radius 1 is 1.50 bits per heavy atom. The SMILES string of the molecule is C=C(C)CCC(O)CC1CCSCC1. The molecule has 1 aliphatic rings. The second-order valence-corrected chi connectivity index (χ2v) is 5.67. The first kappa shape index (κ1) is 12.1. The van der Waals surface area contributed by atoms with Crippen molar-refractivity contribution >= 4 is 11.8 Å². The van der Waals surface area contributed by atoms with Crippen LogP contribution < -0.4 is 0 Å². The van der Waals surface area contributed by atoms with Gasteiger partial charge in [0.1, 0.15) is 0 Å². The summed E-state index contributed by atoms with van der Waals surface area (Å²) in [6.45, 7) is 5.89. The molecule has 0 amide bonds. The van der Waals surface area contributed by atoms with Crippen molar-refractivity contribution in [1.29, 1.82) is 0 Å². The minimum absolute atomic E-state index is 0.0974. The molecule has 0 bridgehead atoms.